The zero-order valence-corrected chi connectivity index (χ0v) is 17.0. The summed E-state index contributed by atoms with van der Waals surface area (Å²) >= 11 is 3.41. The number of nitrogens with zero attached hydrogens (tertiary/aromatic N) is 3. The fourth-order valence-corrected chi connectivity index (χ4v) is 2.57. The van der Waals surface area contributed by atoms with Crippen molar-refractivity contribution in [1.29, 1.82) is 0 Å². The molecule has 9 heteroatoms. The van der Waals surface area contributed by atoms with Gasteiger partial charge in [-0.2, -0.15) is 4.98 Å². The van der Waals surface area contributed by atoms with Crippen molar-refractivity contribution >= 4 is 44.9 Å². The molecule has 0 unspecified atom stereocenters. The van der Waals surface area contributed by atoms with Gasteiger partial charge in [0, 0.05) is 23.8 Å². The zero-order chi connectivity index (χ0) is 20.1. The summed E-state index contributed by atoms with van der Waals surface area (Å²) in [5, 5.41) is 28.8. The van der Waals surface area contributed by atoms with Crippen molar-refractivity contribution in [2.75, 3.05) is 16.0 Å². The van der Waals surface area contributed by atoms with E-state index in [0.717, 1.165) is 11.4 Å². The Balaban J connectivity index is 1.69. The number of nitrogens with one attached hydrogen (secondary N) is 3. The largest absolute Gasteiger partial charge is 0.504 e. The molecule has 3 rings (SSSR count). The first-order valence-electron chi connectivity index (χ1n) is 8.67. The first-order chi connectivity index (χ1) is 13.4. The van der Waals surface area contributed by atoms with E-state index in [2.05, 4.69) is 46.8 Å². The summed E-state index contributed by atoms with van der Waals surface area (Å²) in [4.78, 5) is 12.8. The number of rotatable bonds is 7. The van der Waals surface area contributed by atoms with Crippen LogP contribution in [-0.4, -0.2) is 37.3 Å². The van der Waals surface area contributed by atoms with Gasteiger partial charge in [-0.05, 0) is 66.2 Å². The summed E-state index contributed by atoms with van der Waals surface area (Å²) in [5.74, 6) is 1.49. The topological polar surface area (TPSA) is 115 Å². The highest BCUT2D eigenvalue weighted by atomic mass is 79.9. The molecule has 28 heavy (non-hydrogen) atoms. The van der Waals surface area contributed by atoms with Crippen LogP contribution in [0.3, 0.4) is 0 Å². The summed E-state index contributed by atoms with van der Waals surface area (Å²) in [5.41, 5.74) is 1.58. The number of benzene rings is 1. The Hall–Kier alpha value is -2.91. The van der Waals surface area contributed by atoms with Gasteiger partial charge in [0.1, 0.15) is 5.82 Å². The number of pyridine rings is 1. The Morgan fingerprint density at radius 2 is 1.64 bits per heavy atom. The molecule has 5 N–H and O–H groups in total. The highest BCUT2D eigenvalue weighted by Crippen LogP contribution is 2.26. The molecule has 0 spiro atoms. The molecule has 0 aliphatic rings. The van der Waals surface area contributed by atoms with Crippen LogP contribution < -0.4 is 16.0 Å². The third-order valence-corrected chi connectivity index (χ3v) is 4.60. The monoisotopic (exact) mass is 444 g/mol. The van der Waals surface area contributed by atoms with Crippen molar-refractivity contribution in [1.82, 2.24) is 15.0 Å². The van der Waals surface area contributed by atoms with Crippen molar-refractivity contribution in [2.24, 2.45) is 0 Å². The van der Waals surface area contributed by atoms with Gasteiger partial charge in [-0.15, -0.1) is 0 Å². The number of aromatic hydroxyl groups is 1. The van der Waals surface area contributed by atoms with Crippen LogP contribution in [0.25, 0.3) is 0 Å². The van der Waals surface area contributed by atoms with E-state index < -0.39 is 6.10 Å². The molecule has 2 heterocycles. The second-order valence-electron chi connectivity index (χ2n) is 6.26. The van der Waals surface area contributed by atoms with E-state index in [-0.39, 0.29) is 11.8 Å². The number of hydrogen-bond acceptors (Lipinski definition) is 8. The minimum absolute atomic E-state index is 0.0828. The van der Waals surface area contributed by atoms with Crippen molar-refractivity contribution in [3.8, 4) is 5.75 Å². The lowest BCUT2D eigenvalue weighted by Crippen LogP contribution is -2.28. The molecule has 0 saturated carbocycles. The van der Waals surface area contributed by atoms with Crippen molar-refractivity contribution < 1.29 is 10.2 Å². The minimum atomic E-state index is -0.517. The van der Waals surface area contributed by atoms with Crippen LogP contribution in [0.5, 0.6) is 5.75 Å². The van der Waals surface area contributed by atoms with Crippen LogP contribution in [0.1, 0.15) is 13.8 Å². The van der Waals surface area contributed by atoms with Crippen LogP contribution in [0.4, 0.5) is 29.0 Å². The van der Waals surface area contributed by atoms with Gasteiger partial charge in [0.25, 0.3) is 0 Å². The average molecular weight is 445 g/mol. The molecule has 146 valence electrons. The Morgan fingerprint density at radius 1 is 0.964 bits per heavy atom. The normalized spacial score (nSPS) is 12.9. The molecular formula is C19H21BrN6O2. The fraction of sp³-hybridized carbons (Fsp3) is 0.211. The Bertz CT molecular complexity index is 936. The molecule has 2 atom stereocenters. The van der Waals surface area contributed by atoms with Gasteiger partial charge in [0.2, 0.25) is 5.95 Å². The van der Waals surface area contributed by atoms with E-state index in [0.29, 0.717) is 22.1 Å². The summed E-state index contributed by atoms with van der Waals surface area (Å²) in [7, 11) is 0. The number of anilines is 5. The minimum Gasteiger partial charge on any atom is -0.504 e. The molecule has 0 radical (unpaired) electrons. The fourth-order valence-electron chi connectivity index (χ4n) is 2.26. The van der Waals surface area contributed by atoms with E-state index >= 15 is 0 Å². The molecule has 0 fully saturated rings. The van der Waals surface area contributed by atoms with E-state index in [1.807, 2.05) is 31.2 Å². The highest BCUT2D eigenvalue weighted by molar-refractivity contribution is 9.10. The Kier molecular flexibility index (Phi) is 6.27. The summed E-state index contributed by atoms with van der Waals surface area (Å²) in [6.07, 6.45) is 2.73. The van der Waals surface area contributed by atoms with E-state index in [1.54, 1.807) is 31.5 Å². The second-order valence-corrected chi connectivity index (χ2v) is 7.12. The predicted molar refractivity (Wildman–Crippen MR) is 113 cm³/mol. The third-order valence-electron chi connectivity index (χ3n) is 4.02. The standard InChI is InChI=1S/C19H21BrN6O2/c1-11(12(2)27)23-17-15(20)10-22-19(26-17)25-14-7-5-13(6-8-14)24-18-16(28)4-3-9-21-18/h3-12,27-28H,1-2H3,(H,21,24)(H2,22,23,25,26)/t11-,12-/m1/s1. The Morgan fingerprint density at radius 3 is 2.29 bits per heavy atom. The second kappa shape index (κ2) is 8.85. The SMILES string of the molecule is C[C@@H](O)[C@@H](C)Nc1nc(Nc2ccc(Nc3ncccc3O)cc2)ncc1Br. The smallest absolute Gasteiger partial charge is 0.229 e. The number of aliphatic hydroxyl groups excluding tert-OH is 1. The van der Waals surface area contributed by atoms with Gasteiger partial charge in [-0.25, -0.2) is 9.97 Å². The molecule has 3 aromatic rings. The third kappa shape index (κ3) is 5.08. The van der Waals surface area contributed by atoms with Crippen molar-refractivity contribution in [3.63, 3.8) is 0 Å². The molecule has 0 aliphatic carbocycles. The number of aliphatic hydroxyl groups is 1. The number of aromatic nitrogens is 3. The molecule has 1 aromatic carbocycles. The van der Waals surface area contributed by atoms with E-state index in [1.165, 1.54) is 0 Å². The van der Waals surface area contributed by atoms with Crippen molar-refractivity contribution in [3.05, 3.63) is 53.3 Å². The first kappa shape index (κ1) is 19.8. The highest BCUT2D eigenvalue weighted by Gasteiger charge is 2.12. The zero-order valence-electron chi connectivity index (χ0n) is 15.4. The summed E-state index contributed by atoms with van der Waals surface area (Å²) < 4.78 is 0.709. The van der Waals surface area contributed by atoms with Crippen molar-refractivity contribution in [2.45, 2.75) is 26.0 Å². The molecule has 2 aromatic heterocycles. The number of halogens is 1. The lowest BCUT2D eigenvalue weighted by Gasteiger charge is -2.18. The average Bonchev–Trinajstić information content (AvgIpc) is 2.67. The quantitative estimate of drug-likeness (QED) is 0.371. The van der Waals surface area contributed by atoms with Gasteiger partial charge in [-0.1, -0.05) is 0 Å². The van der Waals surface area contributed by atoms with E-state index in [9.17, 15) is 10.2 Å². The van der Waals surface area contributed by atoms with Crippen LogP contribution in [0.15, 0.2) is 53.3 Å². The van der Waals surface area contributed by atoms with Gasteiger partial charge < -0.3 is 26.2 Å². The van der Waals surface area contributed by atoms with Crippen LogP contribution in [0.2, 0.25) is 0 Å². The molecule has 8 nitrogen and oxygen atoms in total. The van der Waals surface area contributed by atoms with Gasteiger partial charge >= 0.3 is 0 Å². The maximum Gasteiger partial charge on any atom is 0.229 e. The predicted octanol–water partition coefficient (Wildman–Crippen LogP) is 4.01. The van der Waals surface area contributed by atoms with Gasteiger partial charge in [-0.3, -0.25) is 0 Å². The van der Waals surface area contributed by atoms with Crippen LogP contribution in [0, 0.1) is 0 Å². The van der Waals surface area contributed by atoms with E-state index in [4.69, 9.17) is 0 Å². The summed E-state index contributed by atoms with van der Waals surface area (Å²) in [6.45, 7) is 3.59. The summed E-state index contributed by atoms with van der Waals surface area (Å²) in [6, 6.07) is 10.5. The number of hydrogen-bond donors (Lipinski definition) is 5. The molecule has 0 bridgehead atoms. The maximum absolute atomic E-state index is 9.79. The maximum atomic E-state index is 9.79. The van der Waals surface area contributed by atoms with Crippen LogP contribution >= 0.6 is 15.9 Å². The Labute approximate surface area is 171 Å². The van der Waals surface area contributed by atoms with Crippen LogP contribution in [-0.2, 0) is 0 Å². The molecular weight excluding hydrogens is 424 g/mol. The molecule has 0 aliphatic heterocycles. The lowest BCUT2D eigenvalue weighted by atomic mass is 10.2. The first-order valence-corrected chi connectivity index (χ1v) is 9.47. The van der Waals surface area contributed by atoms with Gasteiger partial charge in [0.15, 0.2) is 11.6 Å². The molecule has 0 saturated heterocycles. The van der Waals surface area contributed by atoms with Gasteiger partial charge in [0.05, 0.1) is 16.6 Å². The molecule has 0 amide bonds. The lowest BCUT2D eigenvalue weighted by molar-refractivity contribution is 0.177.